The lowest BCUT2D eigenvalue weighted by Crippen LogP contribution is -2.24. The molecule has 208 valence electrons. The summed E-state index contributed by atoms with van der Waals surface area (Å²) in [5.74, 6) is -1.72. The number of halogens is 1. The molecule has 0 saturated carbocycles. The van der Waals surface area contributed by atoms with Crippen molar-refractivity contribution in [2.24, 2.45) is 5.73 Å². The lowest BCUT2D eigenvalue weighted by atomic mass is 9.95. The van der Waals surface area contributed by atoms with Crippen LogP contribution in [0.1, 0.15) is 38.3 Å². The molecule has 4 aromatic rings. The fourth-order valence-electron chi connectivity index (χ4n) is 4.58. The summed E-state index contributed by atoms with van der Waals surface area (Å²) in [5, 5.41) is 8.65. The van der Waals surface area contributed by atoms with E-state index in [2.05, 4.69) is 20.9 Å². The molecule has 1 atom stereocenters. The number of benzene rings is 3. The number of cyclic esters (lactones) is 1. The fraction of sp³-hybridized carbons (Fsp3) is 0.161. The zero-order valence-corrected chi connectivity index (χ0v) is 22.2. The summed E-state index contributed by atoms with van der Waals surface area (Å²) in [6, 6.07) is 18.5. The van der Waals surface area contributed by atoms with E-state index in [1.807, 2.05) is 19.1 Å². The Morgan fingerprint density at radius 1 is 1.00 bits per heavy atom. The van der Waals surface area contributed by atoms with E-state index in [0.29, 0.717) is 41.0 Å². The number of nitrogens with two attached hydrogens (primary N) is 1. The molecule has 1 saturated heterocycles. The predicted octanol–water partition coefficient (Wildman–Crippen LogP) is 4.89. The highest BCUT2D eigenvalue weighted by molar-refractivity contribution is 6.06. The molecule has 0 radical (unpaired) electrons. The van der Waals surface area contributed by atoms with Crippen molar-refractivity contribution < 1.29 is 23.5 Å². The Morgan fingerprint density at radius 3 is 2.49 bits per heavy atom. The van der Waals surface area contributed by atoms with Gasteiger partial charge < -0.3 is 26.4 Å². The van der Waals surface area contributed by atoms with Crippen molar-refractivity contribution in [1.29, 1.82) is 0 Å². The minimum absolute atomic E-state index is 0.0215. The number of amides is 2. The number of carbonyl (C=O) groups excluding carboxylic acids is 3. The summed E-state index contributed by atoms with van der Waals surface area (Å²) in [6.07, 6.45) is 3.02. The maximum absolute atomic E-state index is 14.0. The second-order valence-electron chi connectivity index (χ2n) is 9.60. The van der Waals surface area contributed by atoms with Crippen molar-refractivity contribution in [2.45, 2.75) is 25.9 Å². The van der Waals surface area contributed by atoms with Crippen LogP contribution >= 0.6 is 0 Å². The van der Waals surface area contributed by atoms with Gasteiger partial charge in [-0.05, 0) is 77.7 Å². The van der Waals surface area contributed by atoms with Gasteiger partial charge in [0.05, 0.1) is 18.5 Å². The molecule has 9 nitrogen and oxygen atoms in total. The molecular weight excluding hydrogens is 525 g/mol. The minimum atomic E-state index is -0.641. The van der Waals surface area contributed by atoms with Crippen LogP contribution < -0.4 is 21.7 Å². The van der Waals surface area contributed by atoms with Crippen LogP contribution in [0.25, 0.3) is 11.1 Å². The fourth-order valence-corrected chi connectivity index (χ4v) is 4.58. The van der Waals surface area contributed by atoms with Gasteiger partial charge in [-0.2, -0.15) is 0 Å². The van der Waals surface area contributed by atoms with Gasteiger partial charge in [-0.25, -0.2) is 9.18 Å². The van der Waals surface area contributed by atoms with Gasteiger partial charge in [0.25, 0.3) is 11.8 Å². The number of pyridine rings is 1. The highest BCUT2D eigenvalue weighted by Crippen LogP contribution is 2.28. The van der Waals surface area contributed by atoms with Gasteiger partial charge in [0.1, 0.15) is 6.04 Å². The number of esters is 1. The summed E-state index contributed by atoms with van der Waals surface area (Å²) in [4.78, 5) is 41.5. The standard InChI is InChI=1S/C31H28FN5O4/c1-18-13-23(35-28-10-12-41-31(28)40)7-8-26(18)36-29(38)20-4-2-3-19(14-20)24-15-21(5-6-22(24)16-33)30(39)37-27-9-11-34-17-25(27)32/h2-9,11,13-15,17,28,35H,10,12,16,33H2,1H3,(H,36,38)(H,34,37,39). The molecule has 2 amide bonds. The molecule has 0 spiro atoms. The minimum Gasteiger partial charge on any atom is -0.464 e. The predicted molar refractivity (Wildman–Crippen MR) is 154 cm³/mol. The van der Waals surface area contributed by atoms with Crippen LogP contribution in [0.15, 0.2) is 79.1 Å². The van der Waals surface area contributed by atoms with E-state index in [4.69, 9.17) is 10.5 Å². The number of aromatic nitrogens is 1. The molecule has 5 rings (SSSR count). The Kier molecular flexibility index (Phi) is 8.02. The normalized spacial score (nSPS) is 14.3. The van der Waals surface area contributed by atoms with E-state index in [-0.39, 0.29) is 30.2 Å². The topological polar surface area (TPSA) is 135 Å². The molecule has 1 fully saturated rings. The number of hydrogen-bond acceptors (Lipinski definition) is 7. The third-order valence-electron chi connectivity index (χ3n) is 6.80. The Balaban J connectivity index is 1.34. The van der Waals surface area contributed by atoms with E-state index < -0.39 is 11.7 Å². The first kappa shape index (κ1) is 27.5. The first-order valence-corrected chi connectivity index (χ1v) is 13.0. The number of anilines is 3. The second kappa shape index (κ2) is 12.0. The number of nitrogens with one attached hydrogen (secondary N) is 3. The van der Waals surface area contributed by atoms with Crippen molar-refractivity contribution in [1.82, 2.24) is 4.98 Å². The number of hydrogen-bond donors (Lipinski definition) is 4. The molecule has 5 N–H and O–H groups in total. The largest absolute Gasteiger partial charge is 0.464 e. The molecule has 1 aliphatic heterocycles. The van der Waals surface area contributed by atoms with E-state index in [1.165, 1.54) is 12.3 Å². The zero-order valence-electron chi connectivity index (χ0n) is 22.2. The van der Waals surface area contributed by atoms with Crippen LogP contribution in [-0.2, 0) is 16.1 Å². The maximum atomic E-state index is 14.0. The number of aryl methyl sites for hydroxylation is 1. The van der Waals surface area contributed by atoms with Gasteiger partial charge in [0.15, 0.2) is 5.82 Å². The van der Waals surface area contributed by atoms with E-state index in [1.54, 1.807) is 48.5 Å². The summed E-state index contributed by atoms with van der Waals surface area (Å²) >= 11 is 0. The van der Waals surface area contributed by atoms with Crippen molar-refractivity contribution >= 4 is 34.8 Å². The smallest absolute Gasteiger partial charge is 0.328 e. The van der Waals surface area contributed by atoms with Gasteiger partial charge in [0, 0.05) is 41.7 Å². The third kappa shape index (κ3) is 6.23. The summed E-state index contributed by atoms with van der Waals surface area (Å²) in [6.45, 7) is 2.48. The lowest BCUT2D eigenvalue weighted by Gasteiger charge is -2.15. The van der Waals surface area contributed by atoms with Crippen molar-refractivity contribution in [3.8, 4) is 11.1 Å². The summed E-state index contributed by atoms with van der Waals surface area (Å²) in [7, 11) is 0. The number of rotatable bonds is 8. The Bertz CT molecular complexity index is 1640. The van der Waals surface area contributed by atoms with E-state index in [0.717, 1.165) is 23.0 Å². The van der Waals surface area contributed by atoms with Crippen LogP contribution in [0.3, 0.4) is 0 Å². The second-order valence-corrected chi connectivity index (χ2v) is 9.60. The molecule has 0 bridgehead atoms. The Morgan fingerprint density at radius 2 is 1.78 bits per heavy atom. The molecule has 3 aromatic carbocycles. The maximum Gasteiger partial charge on any atom is 0.328 e. The zero-order chi connectivity index (χ0) is 28.9. The van der Waals surface area contributed by atoms with Gasteiger partial charge in [-0.1, -0.05) is 18.2 Å². The molecule has 1 unspecified atom stereocenters. The first-order valence-electron chi connectivity index (χ1n) is 13.0. The van der Waals surface area contributed by atoms with Crippen molar-refractivity contribution in [3.05, 3.63) is 107 Å². The first-order chi connectivity index (χ1) is 19.8. The van der Waals surface area contributed by atoms with Gasteiger partial charge in [-0.15, -0.1) is 0 Å². The quantitative estimate of drug-likeness (QED) is 0.228. The van der Waals surface area contributed by atoms with Crippen LogP contribution in [0.2, 0.25) is 0 Å². The lowest BCUT2D eigenvalue weighted by molar-refractivity contribution is -0.138. The average molecular weight is 554 g/mol. The average Bonchev–Trinajstić information content (AvgIpc) is 3.39. The Hall–Kier alpha value is -5.09. The molecule has 1 aliphatic rings. The number of ether oxygens (including phenoxy) is 1. The monoisotopic (exact) mass is 553 g/mol. The molecule has 2 heterocycles. The van der Waals surface area contributed by atoms with Gasteiger partial charge in [-0.3, -0.25) is 14.6 Å². The van der Waals surface area contributed by atoms with Crippen LogP contribution in [-0.4, -0.2) is 35.4 Å². The SMILES string of the molecule is Cc1cc(NC2CCOC2=O)ccc1NC(=O)c1cccc(-c2cc(C(=O)Nc3ccncc3F)ccc2CN)c1. The van der Waals surface area contributed by atoms with E-state index in [9.17, 15) is 18.8 Å². The van der Waals surface area contributed by atoms with Gasteiger partial charge >= 0.3 is 5.97 Å². The summed E-state index contributed by atoms with van der Waals surface area (Å²) in [5.41, 5.74) is 11.1. The van der Waals surface area contributed by atoms with Gasteiger partial charge in [0.2, 0.25) is 0 Å². The molecule has 1 aromatic heterocycles. The highest BCUT2D eigenvalue weighted by atomic mass is 19.1. The third-order valence-corrected chi connectivity index (χ3v) is 6.80. The van der Waals surface area contributed by atoms with Crippen molar-refractivity contribution in [3.63, 3.8) is 0 Å². The Labute approximate surface area is 235 Å². The molecule has 0 aliphatic carbocycles. The highest BCUT2D eigenvalue weighted by Gasteiger charge is 2.26. The summed E-state index contributed by atoms with van der Waals surface area (Å²) < 4.78 is 19.0. The number of carbonyl (C=O) groups is 3. The van der Waals surface area contributed by atoms with E-state index >= 15 is 0 Å². The molecule has 41 heavy (non-hydrogen) atoms. The molecule has 10 heteroatoms. The van der Waals surface area contributed by atoms with Crippen LogP contribution in [0.5, 0.6) is 0 Å². The molecular formula is C31H28FN5O4. The van der Waals surface area contributed by atoms with Crippen LogP contribution in [0, 0.1) is 12.7 Å². The van der Waals surface area contributed by atoms with Crippen LogP contribution in [0.4, 0.5) is 21.5 Å². The number of nitrogens with zero attached hydrogens (tertiary/aromatic N) is 1. The van der Waals surface area contributed by atoms with Crippen molar-refractivity contribution in [2.75, 3.05) is 22.6 Å².